The van der Waals surface area contributed by atoms with Crippen LogP contribution < -0.4 is 31.8 Å². The van der Waals surface area contributed by atoms with Crippen LogP contribution in [0.3, 0.4) is 0 Å². The molecule has 6 aromatic rings. The second-order valence-corrected chi connectivity index (χ2v) is 19.1. The maximum absolute atomic E-state index is 2.57. The fraction of sp³-hybridized carbons (Fsp3) is 0.163. The first-order chi connectivity index (χ1) is 22.3. The van der Waals surface area contributed by atoms with Gasteiger partial charge in [-0.25, -0.2) is 0 Å². The van der Waals surface area contributed by atoms with E-state index in [0.29, 0.717) is 0 Å². The van der Waals surface area contributed by atoms with Gasteiger partial charge in [-0.3, -0.25) is 0 Å². The number of aryl methyl sites for hydroxylation is 1. The van der Waals surface area contributed by atoms with Crippen molar-refractivity contribution in [3.8, 4) is 0 Å². The maximum atomic E-state index is 2.57. The highest BCUT2D eigenvalue weighted by molar-refractivity contribution is 7.96. The number of hydrogen-bond donors (Lipinski definition) is 0. The first-order valence-electron chi connectivity index (χ1n) is 16.4. The van der Waals surface area contributed by atoms with Crippen molar-refractivity contribution in [3.63, 3.8) is 0 Å². The molecule has 224 valence electrons. The lowest BCUT2D eigenvalue weighted by molar-refractivity contribution is 0.891. The van der Waals surface area contributed by atoms with E-state index in [1.165, 1.54) is 56.4 Å². The minimum absolute atomic E-state index is 1.07. The minimum Gasteiger partial charge on any atom is -0.0652 e. The molecule has 0 amide bonds. The Labute approximate surface area is 271 Å². The molecule has 0 aromatic heterocycles. The number of unbranched alkanes of at least 4 members (excludes halogenated alkanes) is 1. The van der Waals surface area contributed by atoms with Gasteiger partial charge in [0.2, 0.25) is 0 Å². The SMILES string of the molecule is CCCC[P+](c1ccccc1)(c1ccccc1)c1cccc(CCC[P+](c2ccccc2)(c2ccccc2)c2ccccc2)c1. The van der Waals surface area contributed by atoms with E-state index in [9.17, 15) is 0 Å². The van der Waals surface area contributed by atoms with Gasteiger partial charge < -0.3 is 0 Å². The van der Waals surface area contributed by atoms with Crippen LogP contribution in [0.15, 0.2) is 176 Å². The van der Waals surface area contributed by atoms with Crippen LogP contribution in [0.5, 0.6) is 0 Å². The van der Waals surface area contributed by atoms with Crippen LogP contribution in [0.1, 0.15) is 31.7 Å². The summed E-state index contributed by atoms with van der Waals surface area (Å²) in [5.74, 6) is 0. The molecule has 6 aromatic carbocycles. The molecule has 0 atom stereocenters. The summed E-state index contributed by atoms with van der Waals surface area (Å²) in [5, 5.41) is 8.89. The highest BCUT2D eigenvalue weighted by Crippen LogP contribution is 2.57. The fourth-order valence-corrected chi connectivity index (χ4v) is 15.8. The third-order valence-corrected chi connectivity index (χ3v) is 18.2. The Kier molecular flexibility index (Phi) is 10.4. The monoisotopic (exact) mass is 622 g/mol. The zero-order valence-corrected chi connectivity index (χ0v) is 28.2. The smallest absolute Gasteiger partial charge is 0.0652 e. The average molecular weight is 623 g/mol. The lowest BCUT2D eigenvalue weighted by Gasteiger charge is -2.28. The quantitative estimate of drug-likeness (QED) is 0.113. The Hall–Kier alpha value is -3.82. The Morgan fingerprint density at radius 1 is 0.356 bits per heavy atom. The molecule has 0 radical (unpaired) electrons. The molecule has 0 saturated carbocycles. The summed E-state index contributed by atoms with van der Waals surface area (Å²) in [6.45, 7) is 2.32. The molecule has 0 heterocycles. The Balaban J connectivity index is 1.38. The summed E-state index contributed by atoms with van der Waals surface area (Å²) in [5.41, 5.74) is 1.45. The van der Waals surface area contributed by atoms with Crippen LogP contribution in [0.4, 0.5) is 0 Å². The highest BCUT2D eigenvalue weighted by atomic mass is 31.2. The lowest BCUT2D eigenvalue weighted by Crippen LogP contribution is -2.34. The maximum Gasteiger partial charge on any atom is 0.112 e. The van der Waals surface area contributed by atoms with Gasteiger partial charge in [-0.1, -0.05) is 116 Å². The van der Waals surface area contributed by atoms with Gasteiger partial charge in [-0.15, -0.1) is 0 Å². The first kappa shape index (κ1) is 31.2. The van der Waals surface area contributed by atoms with Crippen molar-refractivity contribution in [2.75, 3.05) is 12.3 Å². The van der Waals surface area contributed by atoms with E-state index in [0.717, 1.165) is 19.0 Å². The van der Waals surface area contributed by atoms with Gasteiger partial charge in [0.15, 0.2) is 0 Å². The number of benzene rings is 6. The van der Waals surface area contributed by atoms with Crippen LogP contribution in [0.2, 0.25) is 0 Å². The molecule has 0 unspecified atom stereocenters. The van der Waals surface area contributed by atoms with E-state index in [-0.39, 0.29) is 0 Å². The molecule has 45 heavy (non-hydrogen) atoms. The van der Waals surface area contributed by atoms with E-state index in [1.54, 1.807) is 0 Å². The highest BCUT2D eigenvalue weighted by Gasteiger charge is 2.46. The molecular formula is C43H44P2+2. The van der Waals surface area contributed by atoms with E-state index < -0.39 is 14.5 Å². The van der Waals surface area contributed by atoms with Crippen molar-refractivity contribution < 1.29 is 0 Å². The van der Waals surface area contributed by atoms with Gasteiger partial charge in [-0.2, -0.15) is 0 Å². The molecule has 0 bridgehead atoms. The summed E-state index contributed by atoms with van der Waals surface area (Å²) in [7, 11) is -3.64. The zero-order chi connectivity index (χ0) is 30.8. The summed E-state index contributed by atoms with van der Waals surface area (Å²) in [6, 6.07) is 66.3. The third-order valence-electron chi connectivity index (χ3n) is 9.14. The molecule has 0 fully saturated rings. The lowest BCUT2D eigenvalue weighted by atomic mass is 10.1. The van der Waals surface area contributed by atoms with Crippen molar-refractivity contribution in [3.05, 3.63) is 181 Å². The van der Waals surface area contributed by atoms with Gasteiger partial charge in [0.25, 0.3) is 0 Å². The van der Waals surface area contributed by atoms with Gasteiger partial charge in [0, 0.05) is 0 Å². The number of hydrogen-bond acceptors (Lipinski definition) is 0. The van der Waals surface area contributed by atoms with Gasteiger partial charge in [0.1, 0.15) is 46.4 Å². The molecule has 6 rings (SSSR count). The van der Waals surface area contributed by atoms with Crippen molar-refractivity contribution in [2.45, 2.75) is 32.6 Å². The van der Waals surface area contributed by atoms with E-state index >= 15 is 0 Å². The molecule has 0 spiro atoms. The largest absolute Gasteiger partial charge is 0.112 e. The fourth-order valence-electron chi connectivity index (χ4n) is 6.95. The van der Waals surface area contributed by atoms with Crippen molar-refractivity contribution in [1.82, 2.24) is 0 Å². The molecule has 0 aliphatic heterocycles. The van der Waals surface area contributed by atoms with Gasteiger partial charge in [-0.05, 0) is 97.6 Å². The van der Waals surface area contributed by atoms with Crippen LogP contribution in [0.25, 0.3) is 0 Å². The van der Waals surface area contributed by atoms with Crippen molar-refractivity contribution in [2.24, 2.45) is 0 Å². The Bertz CT molecular complexity index is 1600. The summed E-state index contributed by atoms with van der Waals surface area (Å²) in [4.78, 5) is 0. The predicted molar refractivity (Wildman–Crippen MR) is 203 cm³/mol. The predicted octanol–water partition coefficient (Wildman–Crippen LogP) is 8.71. The molecule has 2 heteroatoms. The Morgan fingerprint density at radius 3 is 1.07 bits per heavy atom. The minimum atomic E-state index is -1.84. The number of rotatable bonds is 13. The first-order valence-corrected chi connectivity index (χ1v) is 20.4. The van der Waals surface area contributed by atoms with Crippen LogP contribution >= 0.6 is 14.5 Å². The molecule has 0 nitrogen and oxygen atoms in total. The van der Waals surface area contributed by atoms with Crippen molar-refractivity contribution in [1.29, 1.82) is 0 Å². The summed E-state index contributed by atoms with van der Waals surface area (Å²) < 4.78 is 0. The molecule has 0 saturated heterocycles. The second-order valence-electron chi connectivity index (χ2n) is 11.9. The van der Waals surface area contributed by atoms with Gasteiger partial charge in [0.05, 0.1) is 12.3 Å². The molecule has 0 aliphatic carbocycles. The molecule has 0 N–H and O–H groups in total. The van der Waals surface area contributed by atoms with Crippen LogP contribution in [-0.2, 0) is 6.42 Å². The standard InChI is InChI=1S/C43H44P2/c1-2-3-34-45(41-29-15-7-16-30-41,42-31-17-8-18-32-42)43-33-19-21-37(36-43)22-20-35-44(38-23-9-4-10-24-38,39-25-11-5-12-26-39)40-27-13-6-14-28-40/h4-19,21,23-33,36H,2-3,20,22,34-35H2,1H3/q+2. The zero-order valence-electron chi connectivity index (χ0n) is 26.4. The molecular weight excluding hydrogens is 578 g/mol. The normalized spacial score (nSPS) is 11.8. The topological polar surface area (TPSA) is 0 Å². The average Bonchev–Trinajstić information content (AvgIpc) is 3.13. The van der Waals surface area contributed by atoms with Crippen LogP contribution in [-0.4, -0.2) is 12.3 Å². The van der Waals surface area contributed by atoms with Gasteiger partial charge >= 0.3 is 0 Å². The summed E-state index contributed by atoms with van der Waals surface area (Å²) in [6.07, 6.45) is 6.96. The summed E-state index contributed by atoms with van der Waals surface area (Å²) >= 11 is 0. The Morgan fingerprint density at radius 2 is 0.689 bits per heavy atom. The third kappa shape index (κ3) is 6.60. The second kappa shape index (κ2) is 15.0. The van der Waals surface area contributed by atoms with E-state index in [1.807, 2.05) is 0 Å². The van der Waals surface area contributed by atoms with E-state index in [4.69, 9.17) is 0 Å². The van der Waals surface area contributed by atoms with Crippen LogP contribution in [0, 0.1) is 0 Å². The van der Waals surface area contributed by atoms with Crippen molar-refractivity contribution >= 4 is 46.4 Å². The molecule has 0 aliphatic rings. The van der Waals surface area contributed by atoms with E-state index in [2.05, 4.69) is 183 Å².